The number of halogens is 2. The summed E-state index contributed by atoms with van der Waals surface area (Å²) >= 11 is 4.92. The molecule has 0 saturated carbocycles. The number of ether oxygens (including phenoxy) is 1. The summed E-state index contributed by atoms with van der Waals surface area (Å²) in [5.41, 5.74) is 0. The fraction of sp³-hybridized carbons (Fsp3) is 1.00. The van der Waals surface area contributed by atoms with E-state index in [2.05, 4.69) is 4.74 Å². The first-order chi connectivity index (χ1) is 2.71. The Morgan fingerprint density at radius 2 is 2.17 bits per heavy atom. The van der Waals surface area contributed by atoms with E-state index < -0.39 is 5.31 Å². The zero-order valence-electron chi connectivity index (χ0n) is 3.08. The van der Waals surface area contributed by atoms with Crippen molar-refractivity contribution in [2.45, 2.75) is 11.7 Å². The van der Waals surface area contributed by atoms with Crippen LogP contribution in [0.25, 0.3) is 0 Å². The maximum atomic E-state index is 11.7. The summed E-state index contributed by atoms with van der Waals surface area (Å²) in [6.07, 6.45) is 0.328. The standard InChI is InChI=1S/C3H4ClFO/c4-3(5)1-2-6-3/h1-2H2. The molecule has 1 atom stereocenters. The quantitative estimate of drug-likeness (QED) is 0.427. The zero-order valence-corrected chi connectivity index (χ0v) is 3.83. The van der Waals surface area contributed by atoms with Crippen molar-refractivity contribution in [3.8, 4) is 0 Å². The zero-order chi connectivity index (χ0) is 4.62. The molecule has 1 aliphatic heterocycles. The van der Waals surface area contributed by atoms with Crippen LogP contribution in [0.1, 0.15) is 6.42 Å². The molecular formula is C3H4ClFO. The van der Waals surface area contributed by atoms with Crippen molar-refractivity contribution in [3.05, 3.63) is 0 Å². The largest absolute Gasteiger partial charge is 0.333 e. The fourth-order valence-corrected chi connectivity index (χ4v) is 0.411. The average Bonchev–Trinajstić information content (AvgIpc) is 1.32. The molecule has 1 nitrogen and oxygen atoms in total. The molecule has 6 heavy (non-hydrogen) atoms. The molecule has 1 unspecified atom stereocenters. The Balaban J connectivity index is 2.31. The van der Waals surface area contributed by atoms with Gasteiger partial charge in [-0.1, -0.05) is 11.6 Å². The van der Waals surface area contributed by atoms with Crippen LogP contribution in [0.5, 0.6) is 0 Å². The van der Waals surface area contributed by atoms with Crippen molar-refractivity contribution >= 4 is 11.6 Å². The van der Waals surface area contributed by atoms with E-state index in [0.29, 0.717) is 13.0 Å². The lowest BCUT2D eigenvalue weighted by Gasteiger charge is -2.26. The third kappa shape index (κ3) is 0.632. The summed E-state index contributed by atoms with van der Waals surface area (Å²) < 4.78 is 16.0. The Labute approximate surface area is 40.0 Å². The number of alkyl halides is 2. The van der Waals surface area contributed by atoms with Crippen molar-refractivity contribution in [1.29, 1.82) is 0 Å². The van der Waals surface area contributed by atoms with E-state index in [-0.39, 0.29) is 0 Å². The van der Waals surface area contributed by atoms with Gasteiger partial charge < -0.3 is 4.74 Å². The first-order valence-electron chi connectivity index (χ1n) is 1.72. The highest BCUT2D eigenvalue weighted by molar-refractivity contribution is 6.22. The second-order valence-corrected chi connectivity index (χ2v) is 1.80. The van der Waals surface area contributed by atoms with Gasteiger partial charge in [0.1, 0.15) is 0 Å². The second-order valence-electron chi connectivity index (χ2n) is 1.24. The molecule has 1 saturated heterocycles. The van der Waals surface area contributed by atoms with Gasteiger partial charge in [-0.3, -0.25) is 0 Å². The molecule has 0 spiro atoms. The Bertz CT molecular complexity index is 57.8. The number of hydrogen-bond donors (Lipinski definition) is 0. The smallest absolute Gasteiger partial charge is 0.288 e. The van der Waals surface area contributed by atoms with Crippen LogP contribution in [0, 0.1) is 0 Å². The lowest BCUT2D eigenvalue weighted by molar-refractivity contribution is -0.169. The van der Waals surface area contributed by atoms with Gasteiger partial charge in [0.15, 0.2) is 0 Å². The van der Waals surface area contributed by atoms with Crippen LogP contribution >= 0.6 is 11.6 Å². The summed E-state index contributed by atoms with van der Waals surface area (Å²) in [7, 11) is 0. The lowest BCUT2D eigenvalue weighted by Crippen LogP contribution is -2.32. The van der Waals surface area contributed by atoms with Crippen LogP contribution in [-0.2, 0) is 4.74 Å². The van der Waals surface area contributed by atoms with Gasteiger partial charge in [0, 0.05) is 6.42 Å². The van der Waals surface area contributed by atoms with Crippen LogP contribution in [0.4, 0.5) is 4.39 Å². The maximum Gasteiger partial charge on any atom is 0.288 e. The Kier molecular flexibility index (Phi) is 0.777. The first-order valence-corrected chi connectivity index (χ1v) is 2.10. The van der Waals surface area contributed by atoms with Gasteiger partial charge in [0.25, 0.3) is 5.31 Å². The van der Waals surface area contributed by atoms with Gasteiger partial charge in [-0.15, -0.1) is 0 Å². The molecule has 0 aromatic rings. The van der Waals surface area contributed by atoms with E-state index in [1.165, 1.54) is 0 Å². The third-order valence-corrected chi connectivity index (χ3v) is 1.00. The molecule has 3 heteroatoms. The van der Waals surface area contributed by atoms with Gasteiger partial charge in [-0.05, 0) is 0 Å². The summed E-state index contributed by atoms with van der Waals surface area (Å²) in [5, 5.41) is -1.81. The molecule has 1 rings (SSSR count). The molecular weight excluding hydrogens is 106 g/mol. The highest BCUT2D eigenvalue weighted by Crippen LogP contribution is 2.31. The SMILES string of the molecule is FC1(Cl)CCO1. The minimum Gasteiger partial charge on any atom is -0.333 e. The van der Waals surface area contributed by atoms with Crippen molar-refractivity contribution < 1.29 is 9.13 Å². The molecule has 0 bridgehead atoms. The van der Waals surface area contributed by atoms with Gasteiger partial charge >= 0.3 is 0 Å². The van der Waals surface area contributed by atoms with Gasteiger partial charge in [0.05, 0.1) is 6.61 Å². The number of hydrogen-bond acceptors (Lipinski definition) is 1. The molecule has 0 aromatic carbocycles. The van der Waals surface area contributed by atoms with E-state index in [1.54, 1.807) is 0 Å². The summed E-state index contributed by atoms with van der Waals surface area (Å²) in [6, 6.07) is 0. The van der Waals surface area contributed by atoms with E-state index in [0.717, 1.165) is 0 Å². The maximum absolute atomic E-state index is 11.7. The van der Waals surface area contributed by atoms with Gasteiger partial charge in [-0.25, -0.2) is 0 Å². The summed E-state index contributed by atoms with van der Waals surface area (Å²) in [6.45, 7) is 0.458. The highest BCUT2D eigenvalue weighted by atomic mass is 35.5. The van der Waals surface area contributed by atoms with Gasteiger partial charge in [0.2, 0.25) is 0 Å². The van der Waals surface area contributed by atoms with E-state index >= 15 is 0 Å². The normalized spacial score (nSPS) is 45.0. The first kappa shape index (κ1) is 4.34. The molecule has 0 radical (unpaired) electrons. The van der Waals surface area contributed by atoms with E-state index in [9.17, 15) is 4.39 Å². The number of rotatable bonds is 0. The van der Waals surface area contributed by atoms with Crippen molar-refractivity contribution in [1.82, 2.24) is 0 Å². The summed E-state index contributed by atoms with van der Waals surface area (Å²) in [4.78, 5) is 0. The predicted molar refractivity (Wildman–Crippen MR) is 20.3 cm³/mol. The lowest BCUT2D eigenvalue weighted by atomic mass is 10.4. The molecule has 0 amide bonds. The molecule has 1 fully saturated rings. The summed E-state index contributed by atoms with van der Waals surface area (Å²) in [5.74, 6) is 0. The van der Waals surface area contributed by atoms with Gasteiger partial charge in [-0.2, -0.15) is 4.39 Å². The Morgan fingerprint density at radius 1 is 1.83 bits per heavy atom. The van der Waals surface area contributed by atoms with Crippen LogP contribution in [0.2, 0.25) is 0 Å². The molecule has 36 valence electrons. The van der Waals surface area contributed by atoms with E-state index in [1.807, 2.05) is 0 Å². The molecule has 0 aromatic heterocycles. The minimum absolute atomic E-state index is 0.328. The monoisotopic (exact) mass is 110 g/mol. The molecule has 1 heterocycles. The minimum atomic E-state index is -1.81. The van der Waals surface area contributed by atoms with Crippen LogP contribution < -0.4 is 0 Å². The van der Waals surface area contributed by atoms with Crippen molar-refractivity contribution in [2.24, 2.45) is 0 Å². The Morgan fingerprint density at radius 3 is 2.17 bits per heavy atom. The van der Waals surface area contributed by atoms with E-state index in [4.69, 9.17) is 11.6 Å². The molecule has 0 aliphatic carbocycles. The van der Waals surface area contributed by atoms with Crippen molar-refractivity contribution in [2.75, 3.05) is 6.61 Å². The van der Waals surface area contributed by atoms with Crippen LogP contribution in [0.3, 0.4) is 0 Å². The fourth-order valence-electron chi connectivity index (χ4n) is 0.256. The topological polar surface area (TPSA) is 9.23 Å². The molecule has 1 aliphatic rings. The van der Waals surface area contributed by atoms with Crippen molar-refractivity contribution in [3.63, 3.8) is 0 Å². The molecule has 0 N–H and O–H groups in total. The predicted octanol–water partition coefficient (Wildman–Crippen LogP) is 1.27. The highest BCUT2D eigenvalue weighted by Gasteiger charge is 2.35. The average molecular weight is 111 g/mol. The van der Waals surface area contributed by atoms with Crippen LogP contribution in [-0.4, -0.2) is 11.9 Å². The third-order valence-electron chi connectivity index (χ3n) is 0.706. The Hall–Kier alpha value is 0.180. The second kappa shape index (κ2) is 1.07. The van der Waals surface area contributed by atoms with Crippen LogP contribution in [0.15, 0.2) is 0 Å².